The second kappa shape index (κ2) is 7.93. The molecular formula is C17H16FNO4. The molecule has 0 saturated heterocycles. The Labute approximate surface area is 133 Å². The summed E-state index contributed by atoms with van der Waals surface area (Å²) in [5, 5.41) is 2.45. The highest BCUT2D eigenvalue weighted by molar-refractivity contribution is 5.98. The van der Waals surface area contributed by atoms with Gasteiger partial charge in [0.05, 0.1) is 12.7 Å². The van der Waals surface area contributed by atoms with Gasteiger partial charge in [-0.1, -0.05) is 24.3 Å². The van der Waals surface area contributed by atoms with Gasteiger partial charge in [0.15, 0.2) is 0 Å². The topological polar surface area (TPSA) is 64.6 Å². The first-order valence-corrected chi connectivity index (χ1v) is 6.91. The van der Waals surface area contributed by atoms with Crippen LogP contribution >= 0.6 is 0 Å². The maximum absolute atomic E-state index is 12.9. The average molecular weight is 317 g/mol. The molecule has 0 aliphatic carbocycles. The highest BCUT2D eigenvalue weighted by atomic mass is 19.1. The van der Waals surface area contributed by atoms with Crippen LogP contribution in [0.4, 0.5) is 4.39 Å². The van der Waals surface area contributed by atoms with E-state index in [1.165, 1.54) is 19.2 Å². The van der Waals surface area contributed by atoms with E-state index in [1.807, 2.05) is 0 Å². The van der Waals surface area contributed by atoms with E-state index in [-0.39, 0.29) is 19.0 Å². The van der Waals surface area contributed by atoms with Crippen LogP contribution < -0.4 is 10.1 Å². The molecule has 0 heterocycles. The van der Waals surface area contributed by atoms with Gasteiger partial charge in [-0.05, 0) is 29.8 Å². The van der Waals surface area contributed by atoms with Crippen molar-refractivity contribution in [3.05, 3.63) is 65.5 Å². The lowest BCUT2D eigenvalue weighted by Crippen LogP contribution is -2.30. The number of hydrogen-bond donors (Lipinski definition) is 1. The molecule has 6 heteroatoms. The van der Waals surface area contributed by atoms with Gasteiger partial charge in [0.2, 0.25) is 0 Å². The van der Waals surface area contributed by atoms with Crippen LogP contribution in [0.25, 0.3) is 0 Å². The standard InChI is InChI=1S/C17H16FNO4/c1-22-16(20)10-19-17(21)14-4-2-3-5-15(14)23-11-12-6-8-13(18)9-7-12/h2-9H,10-11H2,1H3,(H,19,21). The Balaban J connectivity index is 2.03. The number of ether oxygens (including phenoxy) is 2. The Morgan fingerprint density at radius 2 is 1.78 bits per heavy atom. The highest BCUT2D eigenvalue weighted by Crippen LogP contribution is 2.19. The molecule has 0 aromatic heterocycles. The SMILES string of the molecule is COC(=O)CNC(=O)c1ccccc1OCc1ccc(F)cc1. The number of hydrogen-bond acceptors (Lipinski definition) is 4. The van der Waals surface area contributed by atoms with Crippen LogP contribution in [0.15, 0.2) is 48.5 Å². The Morgan fingerprint density at radius 3 is 2.48 bits per heavy atom. The third-order valence-corrected chi connectivity index (χ3v) is 3.06. The van der Waals surface area contributed by atoms with Gasteiger partial charge in [-0.2, -0.15) is 0 Å². The van der Waals surface area contributed by atoms with E-state index in [0.29, 0.717) is 11.3 Å². The molecule has 0 bridgehead atoms. The molecule has 0 fully saturated rings. The third-order valence-electron chi connectivity index (χ3n) is 3.06. The molecule has 0 atom stereocenters. The van der Waals surface area contributed by atoms with Gasteiger partial charge in [-0.3, -0.25) is 9.59 Å². The zero-order valence-electron chi connectivity index (χ0n) is 12.5. The molecule has 0 spiro atoms. The Morgan fingerprint density at radius 1 is 1.09 bits per heavy atom. The number of amides is 1. The lowest BCUT2D eigenvalue weighted by molar-refractivity contribution is -0.139. The molecule has 0 aliphatic rings. The fourth-order valence-corrected chi connectivity index (χ4v) is 1.84. The van der Waals surface area contributed by atoms with Gasteiger partial charge >= 0.3 is 5.97 Å². The smallest absolute Gasteiger partial charge is 0.325 e. The van der Waals surface area contributed by atoms with Crippen LogP contribution in [0.5, 0.6) is 5.75 Å². The first-order chi connectivity index (χ1) is 11.1. The van der Waals surface area contributed by atoms with Crippen LogP contribution in [-0.4, -0.2) is 25.5 Å². The second-order valence-corrected chi connectivity index (χ2v) is 4.67. The van der Waals surface area contributed by atoms with Crippen molar-refractivity contribution in [2.45, 2.75) is 6.61 Å². The Kier molecular flexibility index (Phi) is 5.68. The quantitative estimate of drug-likeness (QED) is 0.830. The number of nitrogens with one attached hydrogen (secondary N) is 1. The lowest BCUT2D eigenvalue weighted by Gasteiger charge is -2.11. The molecule has 2 aromatic carbocycles. The summed E-state index contributed by atoms with van der Waals surface area (Å²) in [5.41, 5.74) is 1.08. The van der Waals surface area contributed by atoms with Crippen molar-refractivity contribution in [2.24, 2.45) is 0 Å². The molecule has 0 unspecified atom stereocenters. The maximum Gasteiger partial charge on any atom is 0.325 e. The van der Waals surface area contributed by atoms with Gasteiger partial charge in [-0.25, -0.2) is 4.39 Å². The monoisotopic (exact) mass is 317 g/mol. The Hall–Kier alpha value is -2.89. The minimum Gasteiger partial charge on any atom is -0.488 e. The second-order valence-electron chi connectivity index (χ2n) is 4.67. The van der Waals surface area contributed by atoms with Gasteiger partial charge in [0.25, 0.3) is 5.91 Å². The van der Waals surface area contributed by atoms with Crippen molar-refractivity contribution in [3.63, 3.8) is 0 Å². The molecule has 23 heavy (non-hydrogen) atoms. The number of methoxy groups -OCH3 is 1. The molecule has 5 nitrogen and oxygen atoms in total. The minimum atomic E-state index is -0.539. The fraction of sp³-hybridized carbons (Fsp3) is 0.176. The molecular weight excluding hydrogens is 301 g/mol. The molecule has 1 amide bonds. The summed E-state index contributed by atoms with van der Waals surface area (Å²) >= 11 is 0. The minimum absolute atomic E-state index is 0.196. The number of rotatable bonds is 6. The molecule has 0 saturated carbocycles. The number of esters is 1. The van der Waals surface area contributed by atoms with Crippen LogP contribution in [0.1, 0.15) is 15.9 Å². The van der Waals surface area contributed by atoms with Crippen LogP contribution in [0.2, 0.25) is 0 Å². The van der Waals surface area contributed by atoms with Crippen LogP contribution in [-0.2, 0) is 16.1 Å². The third kappa shape index (κ3) is 4.81. The summed E-state index contributed by atoms with van der Waals surface area (Å²) in [6.45, 7) is -0.0246. The summed E-state index contributed by atoms with van der Waals surface area (Å²) in [7, 11) is 1.24. The largest absolute Gasteiger partial charge is 0.488 e. The van der Waals surface area contributed by atoms with Crippen molar-refractivity contribution >= 4 is 11.9 Å². The number of halogens is 1. The molecule has 0 aliphatic heterocycles. The van der Waals surface area contributed by atoms with E-state index in [4.69, 9.17) is 4.74 Å². The van der Waals surface area contributed by atoms with E-state index >= 15 is 0 Å². The summed E-state index contributed by atoms with van der Waals surface area (Å²) in [4.78, 5) is 23.2. The summed E-state index contributed by atoms with van der Waals surface area (Å²) in [6.07, 6.45) is 0. The number of para-hydroxylation sites is 1. The van der Waals surface area contributed by atoms with Crippen molar-refractivity contribution in [1.82, 2.24) is 5.32 Å². The van der Waals surface area contributed by atoms with Crippen molar-refractivity contribution in [2.75, 3.05) is 13.7 Å². The van der Waals surface area contributed by atoms with Gasteiger partial charge in [-0.15, -0.1) is 0 Å². The summed E-state index contributed by atoms with van der Waals surface area (Å²) in [6, 6.07) is 12.6. The van der Waals surface area contributed by atoms with Crippen molar-refractivity contribution < 1.29 is 23.5 Å². The predicted octanol–water partition coefficient (Wildman–Crippen LogP) is 2.31. The molecule has 0 radical (unpaired) electrons. The van der Waals surface area contributed by atoms with E-state index in [2.05, 4.69) is 10.1 Å². The average Bonchev–Trinajstić information content (AvgIpc) is 2.59. The van der Waals surface area contributed by atoms with Crippen molar-refractivity contribution in [3.8, 4) is 5.75 Å². The normalized spacial score (nSPS) is 10.0. The highest BCUT2D eigenvalue weighted by Gasteiger charge is 2.13. The maximum atomic E-state index is 12.9. The summed E-state index contributed by atoms with van der Waals surface area (Å²) < 4.78 is 23.0. The van der Waals surface area contributed by atoms with Gasteiger partial charge in [0.1, 0.15) is 24.7 Å². The van der Waals surface area contributed by atoms with Gasteiger partial charge in [0, 0.05) is 0 Å². The molecule has 1 N–H and O–H groups in total. The fourth-order valence-electron chi connectivity index (χ4n) is 1.84. The molecule has 2 rings (SSSR count). The van der Waals surface area contributed by atoms with E-state index in [9.17, 15) is 14.0 Å². The van der Waals surface area contributed by atoms with Crippen LogP contribution in [0, 0.1) is 5.82 Å². The first-order valence-electron chi connectivity index (χ1n) is 6.91. The lowest BCUT2D eigenvalue weighted by atomic mass is 10.2. The molecule has 2 aromatic rings. The predicted molar refractivity (Wildman–Crippen MR) is 81.5 cm³/mol. The molecule has 120 valence electrons. The van der Waals surface area contributed by atoms with E-state index in [0.717, 1.165) is 5.56 Å². The number of carbonyl (C=O) groups is 2. The number of carbonyl (C=O) groups excluding carboxylic acids is 2. The van der Waals surface area contributed by atoms with Crippen molar-refractivity contribution in [1.29, 1.82) is 0 Å². The summed E-state index contributed by atoms with van der Waals surface area (Å²) in [5.74, 6) is -0.927. The zero-order chi connectivity index (χ0) is 16.7. The van der Waals surface area contributed by atoms with E-state index in [1.54, 1.807) is 36.4 Å². The Bertz CT molecular complexity index is 685. The zero-order valence-corrected chi connectivity index (χ0v) is 12.5. The number of benzene rings is 2. The first kappa shape index (κ1) is 16.5. The van der Waals surface area contributed by atoms with Gasteiger partial charge < -0.3 is 14.8 Å². The van der Waals surface area contributed by atoms with E-state index < -0.39 is 11.9 Å². The van der Waals surface area contributed by atoms with Crippen LogP contribution in [0.3, 0.4) is 0 Å².